The zero-order valence-electron chi connectivity index (χ0n) is 15.2. The molecule has 4 nitrogen and oxygen atoms in total. The van der Waals surface area contributed by atoms with Crippen LogP contribution in [-0.4, -0.2) is 18.6 Å². The van der Waals surface area contributed by atoms with E-state index in [4.69, 9.17) is 9.47 Å². The summed E-state index contributed by atoms with van der Waals surface area (Å²) in [6.07, 6.45) is 3.79. The summed E-state index contributed by atoms with van der Waals surface area (Å²) in [4.78, 5) is 12.1. The third-order valence-corrected chi connectivity index (χ3v) is 4.68. The Bertz CT molecular complexity index is 681. The summed E-state index contributed by atoms with van der Waals surface area (Å²) in [5.74, 6) is 0.0838. The Morgan fingerprint density at radius 3 is 2.58 bits per heavy atom. The van der Waals surface area contributed by atoms with Gasteiger partial charge in [0.2, 0.25) is 5.91 Å². The fourth-order valence-electron chi connectivity index (χ4n) is 3.17. The highest BCUT2D eigenvalue weighted by atomic mass is 16.5. The van der Waals surface area contributed by atoms with Crippen molar-refractivity contribution >= 4 is 5.91 Å². The Morgan fingerprint density at radius 1 is 1.04 bits per heavy atom. The Balaban J connectivity index is 1.43. The summed E-state index contributed by atoms with van der Waals surface area (Å²) in [5.41, 5.74) is 3.38. The lowest BCUT2D eigenvalue weighted by molar-refractivity contribution is -0.121. The van der Waals surface area contributed by atoms with Crippen molar-refractivity contribution in [2.24, 2.45) is 0 Å². The van der Waals surface area contributed by atoms with E-state index in [9.17, 15) is 4.79 Å². The van der Waals surface area contributed by atoms with Crippen molar-refractivity contribution in [3.05, 3.63) is 71.3 Å². The van der Waals surface area contributed by atoms with Crippen LogP contribution >= 0.6 is 0 Å². The van der Waals surface area contributed by atoms with Crippen LogP contribution < -0.4 is 5.32 Å². The first-order chi connectivity index (χ1) is 12.8. The van der Waals surface area contributed by atoms with Gasteiger partial charge in [-0.1, -0.05) is 54.6 Å². The molecular weight excluding hydrogens is 326 g/mol. The fourth-order valence-corrected chi connectivity index (χ4v) is 3.17. The van der Waals surface area contributed by atoms with Gasteiger partial charge in [-0.15, -0.1) is 0 Å². The molecule has 0 saturated carbocycles. The van der Waals surface area contributed by atoms with Crippen LogP contribution in [0.5, 0.6) is 0 Å². The molecule has 1 aliphatic rings. The number of nitrogens with one attached hydrogen (secondary N) is 1. The number of benzene rings is 2. The van der Waals surface area contributed by atoms with Gasteiger partial charge in [0, 0.05) is 19.6 Å². The van der Waals surface area contributed by atoms with Crippen LogP contribution in [0.4, 0.5) is 0 Å². The lowest BCUT2D eigenvalue weighted by atomic mass is 10.1. The van der Waals surface area contributed by atoms with Gasteiger partial charge in [0.15, 0.2) is 0 Å². The first-order valence-corrected chi connectivity index (χ1v) is 9.38. The highest BCUT2D eigenvalue weighted by Gasteiger charge is 2.16. The number of amides is 1. The van der Waals surface area contributed by atoms with Gasteiger partial charge in [0.05, 0.1) is 19.3 Å². The monoisotopic (exact) mass is 353 g/mol. The minimum absolute atomic E-state index is 0.0838. The number of ether oxygens (including phenoxy) is 2. The number of rotatable bonds is 9. The Labute approximate surface area is 155 Å². The maximum atomic E-state index is 12.1. The molecule has 1 unspecified atom stereocenters. The van der Waals surface area contributed by atoms with Crippen molar-refractivity contribution in [3.8, 4) is 0 Å². The number of hydrogen-bond donors (Lipinski definition) is 1. The second-order valence-electron chi connectivity index (χ2n) is 6.70. The van der Waals surface area contributed by atoms with Crippen LogP contribution in [-0.2, 0) is 34.0 Å². The van der Waals surface area contributed by atoms with E-state index in [1.807, 2.05) is 36.4 Å². The van der Waals surface area contributed by atoms with Crippen molar-refractivity contribution in [2.75, 3.05) is 6.61 Å². The number of carbonyl (C=O) groups is 1. The molecule has 1 aliphatic heterocycles. The molecule has 138 valence electrons. The van der Waals surface area contributed by atoms with Gasteiger partial charge in [0.25, 0.3) is 0 Å². The van der Waals surface area contributed by atoms with Crippen LogP contribution in [0.1, 0.15) is 42.4 Å². The summed E-state index contributed by atoms with van der Waals surface area (Å²) >= 11 is 0. The highest BCUT2D eigenvalue weighted by Crippen LogP contribution is 2.17. The summed E-state index contributed by atoms with van der Waals surface area (Å²) in [6.45, 7) is 2.50. The van der Waals surface area contributed by atoms with Gasteiger partial charge in [-0.25, -0.2) is 0 Å². The Kier molecular flexibility index (Phi) is 7.23. The van der Waals surface area contributed by atoms with E-state index in [0.29, 0.717) is 26.2 Å². The average molecular weight is 353 g/mol. The van der Waals surface area contributed by atoms with Crippen LogP contribution in [0.3, 0.4) is 0 Å². The molecule has 1 atom stereocenters. The molecular formula is C22H27NO3. The molecule has 1 N–H and O–H groups in total. The first-order valence-electron chi connectivity index (χ1n) is 9.38. The predicted octanol–water partition coefficient (Wildman–Crippen LogP) is 3.98. The lowest BCUT2D eigenvalue weighted by Crippen LogP contribution is -2.24. The van der Waals surface area contributed by atoms with E-state index < -0.39 is 0 Å². The molecule has 0 bridgehead atoms. The summed E-state index contributed by atoms with van der Waals surface area (Å²) in [5, 5.41) is 3.02. The Hall–Kier alpha value is -2.17. The van der Waals surface area contributed by atoms with Crippen molar-refractivity contribution in [1.29, 1.82) is 0 Å². The quantitative estimate of drug-likeness (QED) is 0.742. The average Bonchev–Trinajstić information content (AvgIpc) is 3.20. The molecule has 0 spiro atoms. The van der Waals surface area contributed by atoms with Gasteiger partial charge in [0.1, 0.15) is 0 Å². The Morgan fingerprint density at radius 2 is 1.81 bits per heavy atom. The van der Waals surface area contributed by atoms with Crippen molar-refractivity contribution < 1.29 is 14.3 Å². The summed E-state index contributed by atoms with van der Waals surface area (Å²) < 4.78 is 11.4. The van der Waals surface area contributed by atoms with Crippen molar-refractivity contribution in [3.63, 3.8) is 0 Å². The molecule has 2 aromatic rings. The second kappa shape index (κ2) is 10.1. The van der Waals surface area contributed by atoms with E-state index in [0.717, 1.165) is 42.6 Å². The molecule has 0 radical (unpaired) electrons. The van der Waals surface area contributed by atoms with E-state index in [-0.39, 0.29) is 12.0 Å². The maximum absolute atomic E-state index is 12.1. The lowest BCUT2D eigenvalue weighted by Gasteiger charge is -2.12. The summed E-state index contributed by atoms with van der Waals surface area (Å²) in [7, 11) is 0. The molecule has 1 amide bonds. The maximum Gasteiger partial charge on any atom is 0.220 e. The van der Waals surface area contributed by atoms with Gasteiger partial charge in [-0.05, 0) is 36.0 Å². The topological polar surface area (TPSA) is 47.6 Å². The molecule has 1 heterocycles. The van der Waals surface area contributed by atoms with E-state index in [2.05, 4.69) is 23.5 Å². The van der Waals surface area contributed by atoms with Crippen molar-refractivity contribution in [2.45, 2.75) is 51.5 Å². The molecule has 3 rings (SSSR count). The molecule has 0 aliphatic carbocycles. The molecule has 0 aromatic heterocycles. The van der Waals surface area contributed by atoms with E-state index in [1.165, 1.54) is 0 Å². The van der Waals surface area contributed by atoms with Crippen LogP contribution in [0.25, 0.3) is 0 Å². The predicted molar refractivity (Wildman–Crippen MR) is 101 cm³/mol. The molecule has 1 saturated heterocycles. The van der Waals surface area contributed by atoms with Gasteiger partial charge in [-0.2, -0.15) is 0 Å². The standard InChI is InChI=1S/C22H27NO3/c24-22(13-12-21-11-6-14-26-21)23-15-19-9-4-5-10-20(19)17-25-16-18-7-2-1-3-8-18/h1-5,7-10,21H,6,11-17H2,(H,23,24). The molecule has 2 aromatic carbocycles. The highest BCUT2D eigenvalue weighted by molar-refractivity contribution is 5.75. The van der Waals surface area contributed by atoms with Crippen LogP contribution in [0.15, 0.2) is 54.6 Å². The first kappa shape index (κ1) is 18.6. The molecule has 1 fully saturated rings. The zero-order valence-corrected chi connectivity index (χ0v) is 15.2. The van der Waals surface area contributed by atoms with Gasteiger partial charge < -0.3 is 14.8 Å². The minimum Gasteiger partial charge on any atom is -0.378 e. The van der Waals surface area contributed by atoms with Gasteiger partial charge in [-0.3, -0.25) is 4.79 Å². The van der Waals surface area contributed by atoms with E-state index >= 15 is 0 Å². The molecule has 26 heavy (non-hydrogen) atoms. The SMILES string of the molecule is O=C(CCC1CCCO1)NCc1ccccc1COCc1ccccc1. The van der Waals surface area contributed by atoms with Crippen molar-refractivity contribution in [1.82, 2.24) is 5.32 Å². The number of hydrogen-bond acceptors (Lipinski definition) is 3. The smallest absolute Gasteiger partial charge is 0.220 e. The molecule has 4 heteroatoms. The zero-order chi connectivity index (χ0) is 18.0. The summed E-state index contributed by atoms with van der Waals surface area (Å²) in [6, 6.07) is 18.2. The van der Waals surface area contributed by atoms with Crippen LogP contribution in [0, 0.1) is 0 Å². The third-order valence-electron chi connectivity index (χ3n) is 4.68. The fraction of sp³-hybridized carbons (Fsp3) is 0.409. The van der Waals surface area contributed by atoms with Gasteiger partial charge >= 0.3 is 0 Å². The largest absolute Gasteiger partial charge is 0.378 e. The van der Waals surface area contributed by atoms with E-state index in [1.54, 1.807) is 0 Å². The van der Waals surface area contributed by atoms with Crippen LogP contribution in [0.2, 0.25) is 0 Å². The number of carbonyl (C=O) groups excluding carboxylic acids is 1. The minimum atomic E-state index is 0.0838. The third kappa shape index (κ3) is 5.97. The normalized spacial score (nSPS) is 16.5. The second-order valence-corrected chi connectivity index (χ2v) is 6.70.